The number of rotatable bonds is 5. The van der Waals surface area contributed by atoms with Gasteiger partial charge in [-0.3, -0.25) is 0 Å². The SMILES string of the molecule is CCc1c(NN)ncnc1NCc1cc(C)no1. The van der Waals surface area contributed by atoms with Crippen LogP contribution in [0.15, 0.2) is 16.9 Å². The molecule has 0 saturated heterocycles. The summed E-state index contributed by atoms with van der Waals surface area (Å²) in [6.07, 6.45) is 2.24. The molecule has 2 aromatic heterocycles. The van der Waals surface area contributed by atoms with E-state index in [1.165, 1.54) is 6.33 Å². The molecule has 7 heteroatoms. The number of nitrogens with zero attached hydrogens (tertiary/aromatic N) is 3. The second-order valence-electron chi connectivity index (χ2n) is 3.84. The number of aryl methyl sites for hydroxylation is 1. The Bertz CT molecular complexity index is 524. The van der Waals surface area contributed by atoms with Crippen molar-refractivity contribution < 1.29 is 4.52 Å². The van der Waals surface area contributed by atoms with Crippen molar-refractivity contribution in [2.75, 3.05) is 10.7 Å². The third kappa shape index (κ3) is 2.57. The molecule has 0 bridgehead atoms. The number of aromatic nitrogens is 3. The van der Waals surface area contributed by atoms with Gasteiger partial charge in [-0.25, -0.2) is 15.8 Å². The molecular formula is C11H16N6O. The maximum absolute atomic E-state index is 5.41. The van der Waals surface area contributed by atoms with E-state index in [4.69, 9.17) is 10.4 Å². The van der Waals surface area contributed by atoms with Gasteiger partial charge in [0.05, 0.1) is 12.2 Å². The molecule has 0 atom stereocenters. The van der Waals surface area contributed by atoms with Crippen molar-refractivity contribution in [1.82, 2.24) is 15.1 Å². The number of nitrogens with two attached hydrogens (primary N) is 1. The summed E-state index contributed by atoms with van der Waals surface area (Å²) in [4.78, 5) is 8.26. The zero-order chi connectivity index (χ0) is 13.0. The van der Waals surface area contributed by atoms with E-state index < -0.39 is 0 Å². The molecule has 7 nitrogen and oxygen atoms in total. The molecule has 18 heavy (non-hydrogen) atoms. The van der Waals surface area contributed by atoms with Crippen molar-refractivity contribution in [3.8, 4) is 0 Å². The van der Waals surface area contributed by atoms with Gasteiger partial charge in [-0.1, -0.05) is 12.1 Å². The van der Waals surface area contributed by atoms with Gasteiger partial charge in [-0.05, 0) is 13.3 Å². The van der Waals surface area contributed by atoms with Crippen LogP contribution >= 0.6 is 0 Å². The first-order valence-electron chi connectivity index (χ1n) is 5.71. The van der Waals surface area contributed by atoms with Gasteiger partial charge in [0.15, 0.2) is 5.76 Å². The van der Waals surface area contributed by atoms with E-state index >= 15 is 0 Å². The number of hydrazine groups is 1. The summed E-state index contributed by atoms with van der Waals surface area (Å²) in [7, 11) is 0. The average molecular weight is 248 g/mol. The summed E-state index contributed by atoms with van der Waals surface area (Å²) in [6, 6.07) is 1.88. The first-order chi connectivity index (χ1) is 8.74. The molecule has 4 N–H and O–H groups in total. The third-order valence-corrected chi connectivity index (χ3v) is 2.54. The predicted molar refractivity (Wildman–Crippen MR) is 67.8 cm³/mol. The van der Waals surface area contributed by atoms with E-state index in [1.54, 1.807) is 0 Å². The average Bonchev–Trinajstić information content (AvgIpc) is 2.81. The maximum atomic E-state index is 5.41. The Morgan fingerprint density at radius 1 is 1.33 bits per heavy atom. The minimum absolute atomic E-state index is 0.523. The molecule has 96 valence electrons. The molecule has 0 saturated carbocycles. The number of hydrogen-bond acceptors (Lipinski definition) is 7. The lowest BCUT2D eigenvalue weighted by Gasteiger charge is -2.11. The van der Waals surface area contributed by atoms with Crippen LogP contribution in [0.3, 0.4) is 0 Å². The minimum atomic E-state index is 0.523. The number of anilines is 2. The van der Waals surface area contributed by atoms with E-state index in [0.717, 1.165) is 29.3 Å². The topological polar surface area (TPSA) is 102 Å². The second kappa shape index (κ2) is 5.46. The Morgan fingerprint density at radius 2 is 2.11 bits per heavy atom. The number of nitrogens with one attached hydrogen (secondary N) is 2. The minimum Gasteiger partial charge on any atom is -0.362 e. The molecule has 0 aliphatic rings. The molecule has 0 aliphatic carbocycles. The highest BCUT2D eigenvalue weighted by molar-refractivity contribution is 5.56. The van der Waals surface area contributed by atoms with E-state index in [1.807, 2.05) is 19.9 Å². The number of nitrogen functional groups attached to an aromatic ring is 1. The lowest BCUT2D eigenvalue weighted by atomic mass is 10.2. The fourth-order valence-corrected chi connectivity index (χ4v) is 1.69. The van der Waals surface area contributed by atoms with Crippen LogP contribution in [0.2, 0.25) is 0 Å². The summed E-state index contributed by atoms with van der Waals surface area (Å²) < 4.78 is 5.12. The summed E-state index contributed by atoms with van der Waals surface area (Å²) in [6.45, 7) is 4.42. The number of hydrogen-bond donors (Lipinski definition) is 3. The van der Waals surface area contributed by atoms with E-state index in [-0.39, 0.29) is 0 Å². The highest BCUT2D eigenvalue weighted by Crippen LogP contribution is 2.20. The van der Waals surface area contributed by atoms with Crippen LogP contribution in [0, 0.1) is 6.92 Å². The fourth-order valence-electron chi connectivity index (χ4n) is 1.69. The van der Waals surface area contributed by atoms with Crippen LogP contribution in [-0.2, 0) is 13.0 Å². The van der Waals surface area contributed by atoms with Crippen molar-refractivity contribution >= 4 is 11.6 Å². The Hall–Kier alpha value is -2.15. The standard InChI is InChI=1S/C11H16N6O/c1-3-9-10(14-6-15-11(9)16-12)13-5-8-4-7(2)17-18-8/h4,6H,3,5,12H2,1-2H3,(H2,13,14,15,16). The summed E-state index contributed by atoms with van der Waals surface area (Å²) >= 11 is 0. The van der Waals surface area contributed by atoms with Crippen LogP contribution in [0.4, 0.5) is 11.6 Å². The quantitative estimate of drug-likeness (QED) is 0.540. The van der Waals surface area contributed by atoms with Gasteiger partial charge in [0.25, 0.3) is 0 Å². The monoisotopic (exact) mass is 248 g/mol. The van der Waals surface area contributed by atoms with Crippen LogP contribution in [0.25, 0.3) is 0 Å². The van der Waals surface area contributed by atoms with Gasteiger partial charge in [-0.2, -0.15) is 0 Å². The molecule has 0 fully saturated rings. The predicted octanol–water partition coefficient (Wildman–Crippen LogP) is 1.23. The molecule has 0 radical (unpaired) electrons. The molecule has 2 aromatic rings. The summed E-state index contributed by atoms with van der Waals surface area (Å²) in [5.41, 5.74) is 4.36. The molecule has 2 heterocycles. The Balaban J connectivity index is 2.13. The third-order valence-electron chi connectivity index (χ3n) is 2.54. The van der Waals surface area contributed by atoms with Crippen molar-refractivity contribution in [3.63, 3.8) is 0 Å². The molecule has 0 aromatic carbocycles. The van der Waals surface area contributed by atoms with Crippen molar-refractivity contribution in [2.45, 2.75) is 26.8 Å². The molecule has 0 unspecified atom stereocenters. The normalized spacial score (nSPS) is 10.4. The van der Waals surface area contributed by atoms with Crippen LogP contribution in [0.1, 0.15) is 23.9 Å². The smallest absolute Gasteiger partial charge is 0.156 e. The van der Waals surface area contributed by atoms with Gasteiger partial charge >= 0.3 is 0 Å². The van der Waals surface area contributed by atoms with Crippen LogP contribution in [-0.4, -0.2) is 15.1 Å². The Morgan fingerprint density at radius 3 is 2.72 bits per heavy atom. The largest absolute Gasteiger partial charge is 0.362 e. The Labute approximate surface area is 105 Å². The van der Waals surface area contributed by atoms with Crippen molar-refractivity contribution in [1.29, 1.82) is 0 Å². The van der Waals surface area contributed by atoms with Gasteiger partial charge in [0, 0.05) is 11.6 Å². The highest BCUT2D eigenvalue weighted by atomic mass is 16.5. The molecular weight excluding hydrogens is 232 g/mol. The molecule has 0 spiro atoms. The van der Waals surface area contributed by atoms with E-state index in [0.29, 0.717) is 12.4 Å². The van der Waals surface area contributed by atoms with Gasteiger partial charge in [0.2, 0.25) is 0 Å². The lowest BCUT2D eigenvalue weighted by Crippen LogP contribution is -2.13. The highest BCUT2D eigenvalue weighted by Gasteiger charge is 2.09. The molecule has 0 amide bonds. The van der Waals surface area contributed by atoms with Gasteiger partial charge < -0.3 is 15.3 Å². The van der Waals surface area contributed by atoms with Gasteiger partial charge in [0.1, 0.15) is 18.0 Å². The lowest BCUT2D eigenvalue weighted by molar-refractivity contribution is 0.384. The summed E-state index contributed by atoms with van der Waals surface area (Å²) in [5.74, 6) is 7.54. The molecule has 0 aliphatic heterocycles. The van der Waals surface area contributed by atoms with Crippen molar-refractivity contribution in [2.24, 2.45) is 5.84 Å². The first-order valence-corrected chi connectivity index (χ1v) is 5.71. The van der Waals surface area contributed by atoms with Crippen LogP contribution in [0.5, 0.6) is 0 Å². The Kier molecular flexibility index (Phi) is 3.73. The van der Waals surface area contributed by atoms with E-state index in [9.17, 15) is 0 Å². The van der Waals surface area contributed by atoms with Crippen molar-refractivity contribution in [3.05, 3.63) is 29.4 Å². The van der Waals surface area contributed by atoms with Gasteiger partial charge in [-0.15, -0.1) is 0 Å². The first kappa shape index (κ1) is 12.3. The van der Waals surface area contributed by atoms with E-state index in [2.05, 4.69) is 25.9 Å². The fraction of sp³-hybridized carbons (Fsp3) is 0.364. The zero-order valence-electron chi connectivity index (χ0n) is 10.4. The zero-order valence-corrected chi connectivity index (χ0v) is 10.4. The second-order valence-corrected chi connectivity index (χ2v) is 3.84. The molecule has 2 rings (SSSR count). The maximum Gasteiger partial charge on any atom is 0.156 e. The summed E-state index contributed by atoms with van der Waals surface area (Å²) in [5, 5.41) is 7.01. The van der Waals surface area contributed by atoms with Crippen LogP contribution < -0.4 is 16.6 Å².